The van der Waals surface area contributed by atoms with Crippen LogP contribution < -0.4 is 15.3 Å². The fourth-order valence-corrected chi connectivity index (χ4v) is 3.39. The van der Waals surface area contributed by atoms with Crippen LogP contribution in [0.25, 0.3) is 0 Å². The Morgan fingerprint density at radius 3 is 0.765 bits per heavy atom. The van der Waals surface area contributed by atoms with Gasteiger partial charge in [0, 0.05) is 17.9 Å². The van der Waals surface area contributed by atoms with Crippen LogP contribution in [-0.2, 0) is 14.4 Å². The van der Waals surface area contributed by atoms with Crippen molar-refractivity contribution in [2.24, 2.45) is 0 Å². The van der Waals surface area contributed by atoms with Gasteiger partial charge in [-0.25, -0.2) is 0 Å². The molecule has 0 fully saturated rings. The summed E-state index contributed by atoms with van der Waals surface area (Å²) in [6, 6.07) is 0. The van der Waals surface area contributed by atoms with E-state index in [2.05, 4.69) is 6.92 Å². The van der Waals surface area contributed by atoms with Gasteiger partial charge in [0.25, 0.3) is 0 Å². The number of hydrogen-bond donors (Lipinski definition) is 0. The van der Waals surface area contributed by atoms with Crippen LogP contribution >= 0.6 is 0 Å². The predicted octanol–water partition coefficient (Wildman–Crippen LogP) is 4.27. The van der Waals surface area contributed by atoms with Crippen LogP contribution in [0.1, 0.15) is 150 Å². The van der Waals surface area contributed by atoms with Gasteiger partial charge in [-0.2, -0.15) is 0 Å². The first-order valence-corrected chi connectivity index (χ1v) is 15.5. The summed E-state index contributed by atoms with van der Waals surface area (Å²) in [5.41, 5.74) is 0. The first-order chi connectivity index (χ1) is 16.2. The molecule has 0 aromatic carbocycles. The molecule has 7 heteroatoms. The van der Waals surface area contributed by atoms with Gasteiger partial charge in [-0.15, -0.1) is 0 Å². The van der Waals surface area contributed by atoms with E-state index in [1.807, 2.05) is 0 Å². The molecule has 0 aliphatic heterocycles. The number of carboxylic acid groups (broad SMARTS) is 3. The average molecular weight is 591 g/mol. The Balaban J connectivity index is -0.000000242. The van der Waals surface area contributed by atoms with E-state index >= 15 is 0 Å². The Hall–Kier alpha value is -0.791. The second-order valence-corrected chi connectivity index (χ2v) is 9.66. The first-order valence-electron chi connectivity index (χ1n) is 13.5. The minimum atomic E-state index is -0.995. The van der Waals surface area contributed by atoms with Gasteiger partial charge in [0.1, 0.15) is 0 Å². The maximum absolute atomic E-state index is 9.26. The predicted molar refractivity (Wildman–Crippen MR) is 136 cm³/mol. The van der Waals surface area contributed by atoms with E-state index in [1.165, 1.54) is 128 Å². The van der Waals surface area contributed by atoms with Crippen molar-refractivity contribution in [2.45, 2.75) is 154 Å². The summed E-state index contributed by atoms with van der Waals surface area (Å²) in [7, 11) is 0. The van der Waals surface area contributed by atoms with Crippen molar-refractivity contribution in [2.75, 3.05) is 0 Å². The normalized spacial score (nSPS) is 9.47. The number of aliphatic carboxylic acids is 3. The van der Waals surface area contributed by atoms with Crippen molar-refractivity contribution in [3.05, 3.63) is 0 Å². The Morgan fingerprint density at radius 1 is 0.441 bits per heavy atom. The molecule has 0 aromatic rings. The molecule has 0 unspecified atom stereocenters. The third kappa shape index (κ3) is 63.3. The molecule has 0 aliphatic carbocycles. The van der Waals surface area contributed by atoms with Gasteiger partial charge < -0.3 is 29.7 Å². The van der Waals surface area contributed by atoms with E-state index in [0.717, 1.165) is 0 Å². The zero-order valence-electron chi connectivity index (χ0n) is 22.6. The third-order valence-corrected chi connectivity index (χ3v) is 5.91. The summed E-state index contributed by atoms with van der Waals surface area (Å²) in [5, 5.41) is 27.8. The van der Waals surface area contributed by atoms with Gasteiger partial charge in [-0.1, -0.05) is 59.8 Å². The molecular weight excluding hydrogens is 539 g/mol. The molecule has 0 N–H and O–H groups in total. The molecule has 0 spiro atoms. The monoisotopic (exact) mass is 592 g/mol. The molecule has 0 atom stereocenters. The quantitative estimate of drug-likeness (QED) is 0.164. The first kappa shape index (κ1) is 40.4. The molecular formula is C27H52O6Sn. The molecule has 0 rings (SSSR count). The van der Waals surface area contributed by atoms with Gasteiger partial charge >= 0.3 is 97.6 Å². The number of carbonyl (C=O) groups excluding carboxylic acids is 3. The minimum absolute atomic E-state index is 0.111. The zero-order valence-corrected chi connectivity index (χ0v) is 25.4. The number of carbonyl (C=O) groups is 3. The Labute approximate surface area is 223 Å². The molecule has 0 heterocycles. The van der Waals surface area contributed by atoms with E-state index < -0.39 is 17.9 Å². The zero-order chi connectivity index (χ0) is 26.9. The SMILES string of the molecule is CCC(=O)[O-].CCC(=O)[O-].CCC(=O)[O-].CCCCCCCCCCCCCCCCC[CH2][Sn+3]. The van der Waals surface area contributed by atoms with E-state index in [-0.39, 0.29) is 19.3 Å². The van der Waals surface area contributed by atoms with Crippen LogP contribution in [0.5, 0.6) is 0 Å². The van der Waals surface area contributed by atoms with Gasteiger partial charge in [-0.3, -0.25) is 0 Å². The van der Waals surface area contributed by atoms with Gasteiger partial charge in [0.05, 0.1) is 0 Å². The summed E-state index contributed by atoms with van der Waals surface area (Å²) >= 11 is 1.72. The Kier molecular flexibility index (Phi) is 46.8. The fraction of sp³-hybridized carbons (Fsp3) is 0.889. The van der Waals surface area contributed by atoms with Crippen LogP contribution in [-0.4, -0.2) is 40.4 Å². The van der Waals surface area contributed by atoms with Crippen molar-refractivity contribution in [3.63, 3.8) is 0 Å². The molecule has 0 aromatic heterocycles. The summed E-state index contributed by atoms with van der Waals surface area (Å²) < 4.78 is 1.46. The summed E-state index contributed by atoms with van der Waals surface area (Å²) in [5.74, 6) is -2.99. The molecule has 0 bridgehead atoms. The van der Waals surface area contributed by atoms with E-state index in [1.54, 1.807) is 22.5 Å². The third-order valence-electron chi connectivity index (χ3n) is 4.90. The van der Waals surface area contributed by atoms with Crippen LogP contribution in [0.15, 0.2) is 0 Å². The summed E-state index contributed by atoms with van der Waals surface area (Å²) in [6.45, 7) is 6.91. The number of unbranched alkanes of at least 4 members (excludes halogenated alkanes) is 15. The molecule has 0 saturated heterocycles. The Bertz CT molecular complexity index is 367. The average Bonchev–Trinajstić information content (AvgIpc) is 2.82. The number of rotatable bonds is 19. The van der Waals surface area contributed by atoms with E-state index in [4.69, 9.17) is 0 Å². The Morgan fingerprint density at radius 2 is 0.618 bits per heavy atom. The molecule has 0 saturated carbocycles. The van der Waals surface area contributed by atoms with Crippen molar-refractivity contribution in [3.8, 4) is 0 Å². The second kappa shape index (κ2) is 39.4. The number of hydrogen-bond acceptors (Lipinski definition) is 6. The van der Waals surface area contributed by atoms with Crippen molar-refractivity contribution in [1.82, 2.24) is 0 Å². The van der Waals surface area contributed by atoms with E-state index in [9.17, 15) is 29.7 Å². The molecule has 0 radical (unpaired) electrons. The molecule has 34 heavy (non-hydrogen) atoms. The van der Waals surface area contributed by atoms with Gasteiger partial charge in [-0.05, 0) is 19.3 Å². The number of carboxylic acids is 3. The van der Waals surface area contributed by atoms with Crippen LogP contribution in [0.3, 0.4) is 0 Å². The second-order valence-electron chi connectivity index (χ2n) is 8.23. The molecule has 6 nitrogen and oxygen atoms in total. The van der Waals surface area contributed by atoms with Gasteiger partial charge in [0.15, 0.2) is 0 Å². The summed E-state index contributed by atoms with van der Waals surface area (Å²) in [6.07, 6.45) is 24.0. The summed E-state index contributed by atoms with van der Waals surface area (Å²) in [4.78, 5) is 27.8. The standard InChI is InChI=1S/C18H37.3C3H6O2.Sn/c1-3-5-7-9-11-13-15-17-18-16-14-12-10-8-6-4-2;3*1-2-3(4)5;/h1,3-18H2,2H3;3*2H2,1H3,(H,4,5);/q;;;;+3/p-3. The van der Waals surface area contributed by atoms with E-state index in [0.29, 0.717) is 0 Å². The van der Waals surface area contributed by atoms with Crippen LogP contribution in [0, 0.1) is 0 Å². The van der Waals surface area contributed by atoms with Crippen LogP contribution in [0.4, 0.5) is 0 Å². The van der Waals surface area contributed by atoms with Crippen molar-refractivity contribution in [1.29, 1.82) is 0 Å². The van der Waals surface area contributed by atoms with Crippen molar-refractivity contribution >= 4 is 40.4 Å². The van der Waals surface area contributed by atoms with Crippen LogP contribution in [0.2, 0.25) is 4.44 Å². The molecule has 0 aliphatic rings. The molecule has 0 amide bonds. The maximum atomic E-state index is 9.26. The van der Waals surface area contributed by atoms with Gasteiger partial charge in [0.2, 0.25) is 0 Å². The fourth-order valence-electron chi connectivity index (χ4n) is 2.67. The topological polar surface area (TPSA) is 120 Å². The molecule has 200 valence electrons. The van der Waals surface area contributed by atoms with Crippen molar-refractivity contribution < 1.29 is 29.7 Å².